The molecule has 0 bridgehead atoms. The molecule has 0 fully saturated rings. The zero-order valence-electron chi connectivity index (χ0n) is 9.37. The summed E-state index contributed by atoms with van der Waals surface area (Å²) in [6.45, 7) is 4.83. The maximum Gasteiger partial charge on any atom is 0.241 e. The monoisotopic (exact) mass is 288 g/mol. The molecule has 0 unspecified atom stereocenters. The van der Waals surface area contributed by atoms with Crippen LogP contribution in [0.4, 0.5) is 0 Å². The number of amides is 1. The number of carbonyl (C=O) groups excluding carboxylic acids is 1. The number of carbonyl (C=O) groups is 1. The molecule has 1 heterocycles. The Morgan fingerprint density at radius 3 is 2.94 bits per heavy atom. The molecule has 0 spiro atoms. The van der Waals surface area contributed by atoms with Gasteiger partial charge in [-0.05, 0) is 28.9 Å². The fourth-order valence-electron chi connectivity index (χ4n) is 1.22. The van der Waals surface area contributed by atoms with Gasteiger partial charge in [0.15, 0.2) is 0 Å². The molecular weight excluding hydrogens is 272 g/mol. The van der Waals surface area contributed by atoms with Gasteiger partial charge in [-0.2, -0.15) is 5.10 Å². The van der Waals surface area contributed by atoms with Crippen molar-refractivity contribution in [3.63, 3.8) is 0 Å². The third kappa shape index (κ3) is 5.27. The summed E-state index contributed by atoms with van der Waals surface area (Å²) in [5.74, 6) is -0.0195. The molecule has 0 saturated heterocycles. The van der Waals surface area contributed by atoms with E-state index in [-0.39, 0.29) is 12.5 Å². The van der Waals surface area contributed by atoms with Crippen LogP contribution in [0.1, 0.15) is 13.3 Å². The summed E-state index contributed by atoms with van der Waals surface area (Å²) < 4.78 is 2.48. The van der Waals surface area contributed by atoms with Crippen LogP contribution in [0.25, 0.3) is 0 Å². The summed E-state index contributed by atoms with van der Waals surface area (Å²) >= 11 is 3.28. The molecule has 90 valence electrons. The number of nitrogens with one attached hydrogen (secondary N) is 2. The maximum absolute atomic E-state index is 11.4. The van der Waals surface area contributed by atoms with Crippen LogP contribution in [0, 0.1) is 0 Å². The topological polar surface area (TPSA) is 58.9 Å². The van der Waals surface area contributed by atoms with Crippen LogP contribution in [-0.4, -0.2) is 35.3 Å². The molecule has 16 heavy (non-hydrogen) atoms. The van der Waals surface area contributed by atoms with Crippen LogP contribution in [-0.2, 0) is 11.3 Å². The van der Waals surface area contributed by atoms with Crippen molar-refractivity contribution in [2.45, 2.75) is 19.9 Å². The molecule has 2 N–H and O–H groups in total. The molecule has 1 aromatic heterocycles. The fourth-order valence-corrected chi connectivity index (χ4v) is 1.55. The van der Waals surface area contributed by atoms with Crippen molar-refractivity contribution in [1.82, 2.24) is 20.4 Å². The number of hydrogen-bond acceptors (Lipinski definition) is 3. The van der Waals surface area contributed by atoms with Crippen molar-refractivity contribution in [1.29, 1.82) is 0 Å². The van der Waals surface area contributed by atoms with Gasteiger partial charge < -0.3 is 10.6 Å². The Morgan fingerprint density at radius 2 is 2.31 bits per heavy atom. The second-order valence-electron chi connectivity index (χ2n) is 3.46. The van der Waals surface area contributed by atoms with Crippen LogP contribution in [0.3, 0.4) is 0 Å². The first-order valence-electron chi connectivity index (χ1n) is 5.37. The first-order chi connectivity index (χ1) is 7.72. The number of halogens is 1. The van der Waals surface area contributed by atoms with Crippen molar-refractivity contribution in [2.75, 3.05) is 19.6 Å². The Balaban J connectivity index is 2.11. The zero-order chi connectivity index (χ0) is 11.8. The molecule has 0 radical (unpaired) electrons. The SMILES string of the molecule is CCCNCCNC(=O)Cn1cc(Br)cn1. The standard InChI is InChI=1S/C10H17BrN4O/c1-2-3-12-4-5-13-10(16)8-15-7-9(11)6-14-15/h6-7,12H,2-5,8H2,1H3,(H,13,16). The lowest BCUT2D eigenvalue weighted by Gasteiger charge is -2.05. The highest BCUT2D eigenvalue weighted by atomic mass is 79.9. The van der Waals surface area contributed by atoms with Crippen LogP contribution < -0.4 is 10.6 Å². The lowest BCUT2D eigenvalue weighted by atomic mass is 10.4. The lowest BCUT2D eigenvalue weighted by molar-refractivity contribution is -0.121. The average molecular weight is 289 g/mol. The van der Waals surface area contributed by atoms with E-state index in [1.807, 2.05) is 0 Å². The van der Waals surface area contributed by atoms with Crippen molar-refractivity contribution in [2.24, 2.45) is 0 Å². The minimum Gasteiger partial charge on any atom is -0.353 e. The summed E-state index contributed by atoms with van der Waals surface area (Å²) in [4.78, 5) is 11.4. The molecule has 0 saturated carbocycles. The molecule has 5 nitrogen and oxygen atoms in total. The third-order valence-electron chi connectivity index (χ3n) is 1.96. The van der Waals surface area contributed by atoms with Crippen molar-refractivity contribution < 1.29 is 4.79 Å². The number of aromatic nitrogens is 2. The van der Waals surface area contributed by atoms with Gasteiger partial charge in [-0.3, -0.25) is 9.48 Å². The molecule has 0 aliphatic rings. The largest absolute Gasteiger partial charge is 0.353 e. The van der Waals surface area contributed by atoms with Gasteiger partial charge in [-0.15, -0.1) is 0 Å². The van der Waals surface area contributed by atoms with Crippen molar-refractivity contribution in [3.05, 3.63) is 16.9 Å². The molecule has 0 atom stereocenters. The van der Waals surface area contributed by atoms with Crippen molar-refractivity contribution in [3.8, 4) is 0 Å². The average Bonchev–Trinajstić information content (AvgIpc) is 2.63. The Kier molecular flexibility index (Phi) is 6.10. The van der Waals surface area contributed by atoms with Gasteiger partial charge in [-0.1, -0.05) is 6.92 Å². The lowest BCUT2D eigenvalue weighted by Crippen LogP contribution is -2.34. The van der Waals surface area contributed by atoms with Gasteiger partial charge in [-0.25, -0.2) is 0 Å². The molecule has 1 aromatic rings. The van der Waals surface area contributed by atoms with Crippen LogP contribution >= 0.6 is 15.9 Å². The van der Waals surface area contributed by atoms with Gasteiger partial charge in [0.05, 0.1) is 10.7 Å². The van der Waals surface area contributed by atoms with Crippen molar-refractivity contribution >= 4 is 21.8 Å². The third-order valence-corrected chi connectivity index (χ3v) is 2.37. The molecule has 0 aliphatic heterocycles. The quantitative estimate of drug-likeness (QED) is 0.729. The predicted octanol–water partition coefficient (Wildman–Crippen LogP) is 0.761. The van der Waals surface area contributed by atoms with E-state index in [0.29, 0.717) is 6.54 Å². The van der Waals surface area contributed by atoms with E-state index in [0.717, 1.165) is 24.0 Å². The zero-order valence-corrected chi connectivity index (χ0v) is 11.0. The van der Waals surface area contributed by atoms with E-state index < -0.39 is 0 Å². The first-order valence-corrected chi connectivity index (χ1v) is 6.17. The van der Waals surface area contributed by atoms with E-state index in [9.17, 15) is 4.79 Å². The highest BCUT2D eigenvalue weighted by Gasteiger charge is 2.02. The molecule has 1 rings (SSSR count). The summed E-state index contributed by atoms with van der Waals surface area (Å²) in [5, 5.41) is 10.0. The van der Waals surface area contributed by atoms with Crippen LogP contribution in [0.15, 0.2) is 16.9 Å². The van der Waals surface area contributed by atoms with Gasteiger partial charge in [0.2, 0.25) is 5.91 Å². The Labute approximate surface area is 104 Å². The van der Waals surface area contributed by atoms with Gasteiger partial charge in [0.1, 0.15) is 6.54 Å². The number of hydrogen-bond donors (Lipinski definition) is 2. The summed E-state index contributed by atoms with van der Waals surface area (Å²) in [7, 11) is 0. The molecular formula is C10H17BrN4O. The molecule has 0 aromatic carbocycles. The van der Waals surface area contributed by atoms with E-state index >= 15 is 0 Å². The Bertz CT molecular complexity index is 326. The predicted molar refractivity (Wildman–Crippen MR) is 66.1 cm³/mol. The van der Waals surface area contributed by atoms with E-state index in [1.54, 1.807) is 17.1 Å². The smallest absolute Gasteiger partial charge is 0.241 e. The highest BCUT2D eigenvalue weighted by molar-refractivity contribution is 9.10. The molecule has 1 amide bonds. The summed E-state index contributed by atoms with van der Waals surface area (Å²) in [6.07, 6.45) is 4.54. The maximum atomic E-state index is 11.4. The number of rotatable bonds is 7. The Morgan fingerprint density at radius 1 is 1.50 bits per heavy atom. The van der Waals surface area contributed by atoms with Gasteiger partial charge >= 0.3 is 0 Å². The summed E-state index contributed by atoms with van der Waals surface area (Å²) in [5.41, 5.74) is 0. The first kappa shape index (κ1) is 13.2. The second-order valence-corrected chi connectivity index (χ2v) is 4.37. The Hall–Kier alpha value is -0.880. The van der Waals surface area contributed by atoms with Crippen LogP contribution in [0.5, 0.6) is 0 Å². The minimum atomic E-state index is -0.0195. The van der Waals surface area contributed by atoms with Crippen LogP contribution in [0.2, 0.25) is 0 Å². The fraction of sp³-hybridized carbons (Fsp3) is 0.600. The van der Waals surface area contributed by atoms with E-state index in [1.165, 1.54) is 0 Å². The van der Waals surface area contributed by atoms with Gasteiger partial charge in [0, 0.05) is 19.3 Å². The highest BCUT2D eigenvalue weighted by Crippen LogP contribution is 2.05. The summed E-state index contributed by atoms with van der Waals surface area (Å²) in [6, 6.07) is 0. The molecule has 0 aliphatic carbocycles. The molecule has 6 heteroatoms. The second kappa shape index (κ2) is 7.40. The number of nitrogens with zero attached hydrogens (tertiary/aromatic N) is 2. The van der Waals surface area contributed by atoms with Gasteiger partial charge in [0.25, 0.3) is 0 Å². The van der Waals surface area contributed by atoms with E-state index in [2.05, 4.69) is 38.6 Å². The minimum absolute atomic E-state index is 0.0195. The van der Waals surface area contributed by atoms with E-state index in [4.69, 9.17) is 0 Å². The normalized spacial score (nSPS) is 10.4.